The summed E-state index contributed by atoms with van der Waals surface area (Å²) in [6.07, 6.45) is 3.55. The molecule has 0 bridgehead atoms. The summed E-state index contributed by atoms with van der Waals surface area (Å²) >= 11 is 0. The molecule has 0 unspecified atom stereocenters. The lowest BCUT2D eigenvalue weighted by atomic mass is 10.00. The topological polar surface area (TPSA) is 82.1 Å². The number of anilines is 1. The largest absolute Gasteiger partial charge is 0.858 e. The number of carbonyl (C=O) groups is 2. The molecule has 0 saturated heterocycles. The Morgan fingerprint density at radius 2 is 1.63 bits per heavy atom. The van der Waals surface area contributed by atoms with E-state index in [1.807, 2.05) is 63.2 Å². The second-order valence-electron chi connectivity index (χ2n) is 8.74. The van der Waals surface area contributed by atoms with Crippen LogP contribution in [0.25, 0.3) is 22.5 Å². The van der Waals surface area contributed by atoms with Crippen LogP contribution >= 0.6 is 0 Å². The van der Waals surface area contributed by atoms with Crippen molar-refractivity contribution in [3.63, 3.8) is 0 Å². The molecule has 2 aromatic carbocycles. The predicted octanol–water partition coefficient (Wildman–Crippen LogP) is 3.32. The molecular weight excluding hydrogens is 440 g/mol. The van der Waals surface area contributed by atoms with Crippen LogP contribution < -0.4 is 14.6 Å². The van der Waals surface area contributed by atoms with Crippen LogP contribution in [0.15, 0.2) is 73.1 Å². The number of pyridine rings is 1. The molecule has 3 heterocycles. The van der Waals surface area contributed by atoms with Crippen LogP contribution in [0.1, 0.15) is 22.3 Å². The average molecular weight is 465 g/mol. The van der Waals surface area contributed by atoms with Crippen LogP contribution in [-0.2, 0) is 16.6 Å². The Bertz CT molecular complexity index is 1530. The molecule has 2 aromatic heterocycles. The summed E-state index contributed by atoms with van der Waals surface area (Å²) in [5, 5.41) is 17.8. The van der Waals surface area contributed by atoms with Crippen LogP contribution in [0.2, 0.25) is 0 Å². The number of imide groups is 1. The van der Waals surface area contributed by atoms with Crippen molar-refractivity contribution in [2.24, 2.45) is 7.05 Å². The fraction of sp³-hybridized carbons (Fsp3) is 0.143. The molecule has 7 nitrogen and oxygen atoms in total. The second-order valence-corrected chi connectivity index (χ2v) is 8.74. The Morgan fingerprint density at radius 1 is 0.886 bits per heavy atom. The first-order chi connectivity index (χ1) is 16.8. The zero-order valence-corrected chi connectivity index (χ0v) is 19.9. The molecule has 35 heavy (non-hydrogen) atoms. The van der Waals surface area contributed by atoms with Crippen molar-refractivity contribution in [1.82, 2.24) is 9.78 Å². The van der Waals surface area contributed by atoms with Gasteiger partial charge in [-0.05, 0) is 49.9 Å². The molecule has 0 saturated carbocycles. The number of carbonyl (C=O) groups excluding carboxylic acids is 2. The number of benzene rings is 2. The summed E-state index contributed by atoms with van der Waals surface area (Å²) in [6, 6.07) is 18.3. The van der Waals surface area contributed by atoms with Gasteiger partial charge in [0.2, 0.25) is 0 Å². The highest BCUT2D eigenvalue weighted by Crippen LogP contribution is 2.40. The molecule has 2 amide bonds. The van der Waals surface area contributed by atoms with Gasteiger partial charge in [0.1, 0.15) is 5.57 Å². The lowest BCUT2D eigenvalue weighted by Crippen LogP contribution is -2.40. The Kier molecular flexibility index (Phi) is 5.32. The van der Waals surface area contributed by atoms with Gasteiger partial charge in [-0.2, -0.15) is 9.67 Å². The first-order valence-corrected chi connectivity index (χ1v) is 11.3. The lowest BCUT2D eigenvalue weighted by molar-refractivity contribution is -0.577. The van der Waals surface area contributed by atoms with Gasteiger partial charge in [-0.3, -0.25) is 14.3 Å². The molecule has 5 rings (SSSR count). The van der Waals surface area contributed by atoms with Crippen molar-refractivity contribution in [2.75, 3.05) is 4.90 Å². The Morgan fingerprint density at radius 3 is 2.31 bits per heavy atom. The van der Waals surface area contributed by atoms with Gasteiger partial charge < -0.3 is 5.11 Å². The van der Waals surface area contributed by atoms with Gasteiger partial charge in [0.05, 0.1) is 11.4 Å². The van der Waals surface area contributed by atoms with Gasteiger partial charge in [-0.25, -0.2) is 4.90 Å². The third kappa shape index (κ3) is 3.61. The maximum atomic E-state index is 14.0. The van der Waals surface area contributed by atoms with Gasteiger partial charge in [-0.1, -0.05) is 42.5 Å². The molecular formula is C28H24N4O3. The third-order valence-electron chi connectivity index (χ3n) is 6.31. The Labute approximate surface area is 203 Å². The highest BCUT2D eigenvalue weighted by molar-refractivity contribution is 6.53. The molecule has 1 aliphatic heterocycles. The summed E-state index contributed by atoms with van der Waals surface area (Å²) in [5.74, 6) is -1.48. The van der Waals surface area contributed by atoms with E-state index in [-0.39, 0.29) is 16.8 Å². The van der Waals surface area contributed by atoms with E-state index < -0.39 is 17.7 Å². The van der Waals surface area contributed by atoms with Gasteiger partial charge in [0.25, 0.3) is 11.6 Å². The summed E-state index contributed by atoms with van der Waals surface area (Å²) in [7, 11) is 1.54. The van der Waals surface area contributed by atoms with E-state index in [0.717, 1.165) is 21.6 Å². The summed E-state index contributed by atoms with van der Waals surface area (Å²) < 4.78 is 2.84. The van der Waals surface area contributed by atoms with Gasteiger partial charge >= 0.3 is 5.91 Å². The number of hydrogen-bond donors (Lipinski definition) is 0. The average Bonchev–Trinajstić information content (AvgIpc) is 3.27. The molecule has 0 spiro atoms. The summed E-state index contributed by atoms with van der Waals surface area (Å²) in [5.41, 5.74) is 4.70. The molecule has 174 valence electrons. The highest BCUT2D eigenvalue weighted by atomic mass is 16.3. The van der Waals surface area contributed by atoms with E-state index in [0.29, 0.717) is 16.9 Å². The zero-order valence-electron chi connectivity index (χ0n) is 19.9. The quantitative estimate of drug-likeness (QED) is 0.343. The van der Waals surface area contributed by atoms with Gasteiger partial charge in [0, 0.05) is 29.8 Å². The number of rotatable bonds is 4. The van der Waals surface area contributed by atoms with Crippen molar-refractivity contribution >= 4 is 28.8 Å². The Hall–Kier alpha value is -4.52. The molecule has 0 N–H and O–H groups in total. The molecule has 0 fully saturated rings. The standard InChI is InChI=1S/C28H24N4O3/c1-17-9-8-12-21(15-17)32-27(34)23(25(28(32)35)31-14-13-18(2)19(3)16-31)22-24(29-30(4)26(22)33)20-10-6-5-7-11-20/h5-16H,1-4H3. The number of aromatic nitrogens is 3. The van der Waals surface area contributed by atoms with Crippen LogP contribution in [0, 0.1) is 20.8 Å². The Balaban J connectivity index is 1.82. The number of nitrogens with zero attached hydrogens (tertiary/aromatic N) is 4. The molecule has 0 aliphatic carbocycles. The van der Waals surface area contributed by atoms with Crippen LogP contribution in [0.5, 0.6) is 5.88 Å². The normalized spacial score (nSPS) is 13.8. The number of amides is 2. The van der Waals surface area contributed by atoms with Gasteiger partial charge in [-0.15, -0.1) is 0 Å². The first-order valence-electron chi connectivity index (χ1n) is 11.3. The lowest BCUT2D eigenvalue weighted by Gasteiger charge is -2.15. The summed E-state index contributed by atoms with van der Waals surface area (Å²) in [6.45, 7) is 5.80. The van der Waals surface area contributed by atoms with Crippen LogP contribution in [0.4, 0.5) is 5.69 Å². The first kappa shape index (κ1) is 22.3. The third-order valence-corrected chi connectivity index (χ3v) is 6.31. The fourth-order valence-electron chi connectivity index (χ4n) is 4.33. The number of aryl methyl sites for hydroxylation is 4. The molecule has 4 aromatic rings. The van der Waals surface area contributed by atoms with Crippen LogP contribution in [-0.4, -0.2) is 21.6 Å². The van der Waals surface area contributed by atoms with Crippen molar-refractivity contribution in [3.05, 3.63) is 95.3 Å². The van der Waals surface area contributed by atoms with E-state index in [9.17, 15) is 14.7 Å². The van der Waals surface area contributed by atoms with E-state index in [1.54, 1.807) is 42.2 Å². The van der Waals surface area contributed by atoms with E-state index in [2.05, 4.69) is 5.10 Å². The second kappa shape index (κ2) is 8.36. The molecule has 0 atom stereocenters. The smallest absolute Gasteiger partial charge is 0.331 e. The number of hydrogen-bond acceptors (Lipinski definition) is 4. The maximum absolute atomic E-state index is 14.0. The van der Waals surface area contributed by atoms with Crippen molar-refractivity contribution < 1.29 is 19.3 Å². The minimum atomic E-state index is -0.552. The van der Waals surface area contributed by atoms with E-state index in [4.69, 9.17) is 0 Å². The van der Waals surface area contributed by atoms with E-state index >= 15 is 0 Å². The zero-order chi connectivity index (χ0) is 24.9. The molecule has 0 radical (unpaired) electrons. The highest BCUT2D eigenvalue weighted by Gasteiger charge is 2.47. The fourth-order valence-corrected chi connectivity index (χ4v) is 4.33. The van der Waals surface area contributed by atoms with Gasteiger partial charge in [0.15, 0.2) is 12.4 Å². The monoisotopic (exact) mass is 464 g/mol. The minimum absolute atomic E-state index is 0.0433. The molecule has 1 aliphatic rings. The minimum Gasteiger partial charge on any atom is -0.858 e. The maximum Gasteiger partial charge on any atom is 0.331 e. The van der Waals surface area contributed by atoms with Crippen LogP contribution in [0.3, 0.4) is 0 Å². The van der Waals surface area contributed by atoms with Crippen molar-refractivity contribution in [1.29, 1.82) is 0 Å². The van der Waals surface area contributed by atoms with Crippen molar-refractivity contribution in [2.45, 2.75) is 20.8 Å². The van der Waals surface area contributed by atoms with Crippen molar-refractivity contribution in [3.8, 4) is 17.1 Å². The SMILES string of the molecule is Cc1cccc(N2C(=O)C(c3c(-c4ccccc4)nn(C)c3[O-])=C([n+]3ccc(C)c(C)c3)C2=O)c1. The molecule has 7 heteroatoms. The summed E-state index contributed by atoms with van der Waals surface area (Å²) in [4.78, 5) is 29.0. The predicted molar refractivity (Wildman–Crippen MR) is 131 cm³/mol. The van der Waals surface area contributed by atoms with E-state index in [1.165, 1.54) is 4.68 Å².